The molecule has 0 bridgehead atoms. The summed E-state index contributed by atoms with van der Waals surface area (Å²) in [6, 6.07) is 6.38. The second kappa shape index (κ2) is 8.80. The number of anilines is 1. The number of aldehydes is 1. The van der Waals surface area contributed by atoms with E-state index in [2.05, 4.69) is 18.8 Å². The molecule has 7 heteroatoms. The molecule has 144 valence electrons. The molecule has 1 aliphatic heterocycles. The Morgan fingerprint density at radius 2 is 1.85 bits per heavy atom. The van der Waals surface area contributed by atoms with Gasteiger partial charge in [-0.3, -0.25) is 4.90 Å². The highest BCUT2D eigenvalue weighted by molar-refractivity contribution is 7.99. The average molecular weight is 391 g/mol. The van der Waals surface area contributed by atoms with Crippen LogP contribution < -0.4 is 4.90 Å². The van der Waals surface area contributed by atoms with E-state index in [-0.39, 0.29) is 5.69 Å². The van der Waals surface area contributed by atoms with Crippen molar-refractivity contribution in [3.63, 3.8) is 0 Å². The lowest BCUT2D eigenvalue weighted by atomic mass is 10.1. The molecule has 1 aromatic carbocycles. The number of thioether (sulfide) groups is 1. The van der Waals surface area contributed by atoms with Crippen LogP contribution in [0.25, 0.3) is 11.1 Å². The summed E-state index contributed by atoms with van der Waals surface area (Å²) in [4.78, 5) is 18.7. The molecule has 0 spiro atoms. The molecule has 0 unspecified atom stereocenters. The van der Waals surface area contributed by atoms with Crippen LogP contribution in [0.4, 0.5) is 14.5 Å². The molecule has 2 aromatic rings. The summed E-state index contributed by atoms with van der Waals surface area (Å²) in [5, 5.41) is 1.08. The fourth-order valence-electron chi connectivity index (χ4n) is 3.21. The number of piperazine rings is 1. The zero-order valence-corrected chi connectivity index (χ0v) is 16.3. The molecule has 3 rings (SSSR count). The van der Waals surface area contributed by atoms with Crippen molar-refractivity contribution in [1.29, 1.82) is 0 Å². The van der Waals surface area contributed by atoms with E-state index in [0.717, 1.165) is 16.9 Å². The van der Waals surface area contributed by atoms with Gasteiger partial charge in [0.1, 0.15) is 28.6 Å². The van der Waals surface area contributed by atoms with Gasteiger partial charge in [0.2, 0.25) is 0 Å². The lowest BCUT2D eigenvalue weighted by molar-refractivity contribution is -0.108. The van der Waals surface area contributed by atoms with Gasteiger partial charge in [-0.15, -0.1) is 11.8 Å². The second-order valence-electron chi connectivity index (χ2n) is 6.77. The number of pyridine rings is 1. The number of hydrogen-bond acceptors (Lipinski definition) is 5. The minimum Gasteiger partial charge on any atom is -0.364 e. The van der Waals surface area contributed by atoms with E-state index < -0.39 is 11.6 Å². The molecule has 2 heterocycles. The molecule has 0 aliphatic carbocycles. The maximum atomic E-state index is 14.8. The minimum atomic E-state index is -0.571. The van der Waals surface area contributed by atoms with Gasteiger partial charge in [-0.25, -0.2) is 13.8 Å². The minimum absolute atomic E-state index is 0.00598. The number of benzene rings is 1. The van der Waals surface area contributed by atoms with Crippen LogP contribution in [-0.4, -0.2) is 54.1 Å². The van der Waals surface area contributed by atoms with Crippen LogP contribution >= 0.6 is 11.8 Å². The quantitative estimate of drug-likeness (QED) is 0.552. The molecule has 0 atom stereocenters. The Morgan fingerprint density at radius 3 is 2.44 bits per heavy atom. The Bertz CT molecular complexity index is 785. The smallest absolute Gasteiger partial charge is 0.150 e. The number of halogens is 2. The van der Waals surface area contributed by atoms with Crippen molar-refractivity contribution in [2.45, 2.75) is 24.1 Å². The van der Waals surface area contributed by atoms with Gasteiger partial charge in [-0.2, -0.15) is 0 Å². The van der Waals surface area contributed by atoms with E-state index in [9.17, 15) is 13.6 Å². The number of carbonyl (C=O) groups excluding carboxylic acids is 1. The first-order chi connectivity index (χ1) is 13.0. The molecular formula is C20H23F2N3OS. The normalized spacial score (nSPS) is 15.4. The monoisotopic (exact) mass is 391 g/mol. The summed E-state index contributed by atoms with van der Waals surface area (Å²) in [6.07, 6.45) is 2.54. The predicted molar refractivity (Wildman–Crippen MR) is 105 cm³/mol. The molecule has 1 aromatic heterocycles. The molecule has 1 saturated heterocycles. The second-order valence-corrected chi connectivity index (χ2v) is 8.33. The van der Waals surface area contributed by atoms with Crippen LogP contribution in [0.5, 0.6) is 0 Å². The molecule has 0 radical (unpaired) electrons. The van der Waals surface area contributed by atoms with Crippen molar-refractivity contribution in [2.75, 3.05) is 37.6 Å². The third-order valence-electron chi connectivity index (χ3n) is 4.47. The summed E-state index contributed by atoms with van der Waals surface area (Å²) >= 11 is 1.57. The van der Waals surface area contributed by atoms with Crippen molar-refractivity contribution in [1.82, 2.24) is 9.88 Å². The molecule has 1 aliphatic rings. The standard InChI is InChI=1S/C20H23F2N3OS/c1-14(2)27-20-16(4-3-5-23-20)15-12-17(21)19(18(22)13-15)25-8-6-24(7-9-25)10-11-26/h3-5,11-14H,6-10H2,1-2H3. The van der Waals surface area contributed by atoms with E-state index in [4.69, 9.17) is 0 Å². The number of nitrogens with zero attached hydrogens (tertiary/aromatic N) is 3. The summed E-state index contributed by atoms with van der Waals surface area (Å²) < 4.78 is 29.7. The van der Waals surface area contributed by atoms with Gasteiger partial charge < -0.3 is 9.69 Å². The first-order valence-electron chi connectivity index (χ1n) is 9.01. The molecule has 1 fully saturated rings. The molecule has 27 heavy (non-hydrogen) atoms. The zero-order valence-electron chi connectivity index (χ0n) is 15.5. The van der Waals surface area contributed by atoms with Crippen molar-refractivity contribution >= 4 is 23.7 Å². The van der Waals surface area contributed by atoms with Crippen molar-refractivity contribution in [2.24, 2.45) is 0 Å². The van der Waals surface area contributed by atoms with Crippen molar-refractivity contribution in [3.8, 4) is 11.1 Å². The number of carbonyl (C=O) groups is 1. The lowest BCUT2D eigenvalue weighted by Gasteiger charge is -2.35. The van der Waals surface area contributed by atoms with Crippen molar-refractivity contribution < 1.29 is 13.6 Å². The predicted octanol–water partition coefficient (Wildman–Crippen LogP) is 3.85. The van der Waals surface area contributed by atoms with Crippen LogP contribution in [0.3, 0.4) is 0 Å². The maximum Gasteiger partial charge on any atom is 0.150 e. The van der Waals surface area contributed by atoms with Gasteiger partial charge >= 0.3 is 0 Å². The van der Waals surface area contributed by atoms with Crippen LogP contribution in [0, 0.1) is 11.6 Å². The summed E-state index contributed by atoms with van der Waals surface area (Å²) in [5.41, 5.74) is 1.23. The van der Waals surface area contributed by atoms with E-state index in [1.54, 1.807) is 28.9 Å². The average Bonchev–Trinajstić information content (AvgIpc) is 2.63. The van der Waals surface area contributed by atoms with Gasteiger partial charge in [0.25, 0.3) is 0 Å². The molecule has 0 saturated carbocycles. The molecule has 4 nitrogen and oxygen atoms in total. The first-order valence-corrected chi connectivity index (χ1v) is 9.89. The van der Waals surface area contributed by atoms with Gasteiger partial charge in [0, 0.05) is 43.2 Å². The van der Waals surface area contributed by atoms with E-state index in [1.807, 2.05) is 11.0 Å². The lowest BCUT2D eigenvalue weighted by Crippen LogP contribution is -2.47. The summed E-state index contributed by atoms with van der Waals surface area (Å²) in [7, 11) is 0. The molecule has 0 N–H and O–H groups in total. The van der Waals surface area contributed by atoms with Crippen molar-refractivity contribution in [3.05, 3.63) is 42.1 Å². The summed E-state index contributed by atoms with van der Waals surface area (Å²) in [6.45, 7) is 6.66. The van der Waals surface area contributed by atoms with Crippen LogP contribution in [0.15, 0.2) is 35.5 Å². The van der Waals surface area contributed by atoms with Crippen LogP contribution in [0.2, 0.25) is 0 Å². The molecule has 0 amide bonds. The topological polar surface area (TPSA) is 36.4 Å². The Balaban J connectivity index is 1.87. The first kappa shape index (κ1) is 19.8. The van der Waals surface area contributed by atoms with Crippen LogP contribution in [-0.2, 0) is 4.79 Å². The number of hydrogen-bond donors (Lipinski definition) is 0. The highest BCUT2D eigenvalue weighted by Gasteiger charge is 2.23. The third kappa shape index (κ3) is 4.65. The third-order valence-corrected chi connectivity index (χ3v) is 5.49. The van der Waals surface area contributed by atoms with Gasteiger partial charge in [-0.1, -0.05) is 19.9 Å². The largest absolute Gasteiger partial charge is 0.364 e. The van der Waals surface area contributed by atoms with Gasteiger partial charge in [0.05, 0.1) is 6.54 Å². The fraction of sp³-hybridized carbons (Fsp3) is 0.400. The molecular weight excluding hydrogens is 368 g/mol. The summed E-state index contributed by atoms with van der Waals surface area (Å²) in [5.74, 6) is -1.14. The Morgan fingerprint density at radius 1 is 1.19 bits per heavy atom. The van der Waals surface area contributed by atoms with Gasteiger partial charge in [0.15, 0.2) is 0 Å². The SMILES string of the molecule is CC(C)Sc1ncccc1-c1cc(F)c(N2CCN(CC=O)CC2)c(F)c1. The highest BCUT2D eigenvalue weighted by Crippen LogP contribution is 2.35. The van der Waals surface area contributed by atoms with E-state index >= 15 is 0 Å². The van der Waals surface area contributed by atoms with E-state index in [0.29, 0.717) is 43.5 Å². The highest BCUT2D eigenvalue weighted by atomic mass is 32.2. The van der Waals surface area contributed by atoms with Crippen LogP contribution in [0.1, 0.15) is 13.8 Å². The zero-order chi connectivity index (χ0) is 19.4. The van der Waals surface area contributed by atoms with Gasteiger partial charge in [-0.05, 0) is 23.8 Å². The number of rotatable bonds is 6. The Kier molecular flexibility index (Phi) is 6.44. The number of aromatic nitrogens is 1. The van der Waals surface area contributed by atoms with E-state index in [1.165, 1.54) is 12.1 Å². The fourth-order valence-corrected chi connectivity index (χ4v) is 4.09. The maximum absolute atomic E-state index is 14.8. The Hall–Kier alpha value is -1.99. The Labute approximate surface area is 162 Å².